The first-order chi connectivity index (χ1) is 8.73. The van der Waals surface area contributed by atoms with Gasteiger partial charge in [0.1, 0.15) is 11.3 Å². The summed E-state index contributed by atoms with van der Waals surface area (Å²) >= 11 is 0. The Kier molecular flexibility index (Phi) is 3.31. The third kappa shape index (κ3) is 1.94. The Balaban J connectivity index is 2.49. The molecule has 1 fully saturated rings. The number of benzene rings is 1. The number of rotatable bonds is 2. The van der Waals surface area contributed by atoms with Crippen LogP contribution in [0.25, 0.3) is 15.3 Å². The van der Waals surface area contributed by atoms with E-state index in [2.05, 4.69) is 14.9 Å². The van der Waals surface area contributed by atoms with Gasteiger partial charge in [-0.25, -0.2) is 4.85 Å². The highest BCUT2D eigenvalue weighted by Gasteiger charge is 2.40. The first-order valence-electron chi connectivity index (χ1n) is 5.80. The molecule has 0 N–H and O–H groups in total. The van der Waals surface area contributed by atoms with Crippen molar-refractivity contribution in [2.45, 2.75) is 31.2 Å². The number of carbonyl (C=O) groups excluding carboxylic acids is 1. The van der Waals surface area contributed by atoms with Crippen molar-refractivity contribution in [1.82, 2.24) is 0 Å². The zero-order valence-electron chi connectivity index (χ0n) is 9.83. The lowest BCUT2D eigenvalue weighted by Crippen LogP contribution is -2.36. The second-order valence-corrected chi connectivity index (χ2v) is 4.34. The topological polar surface area (TPSA) is 70.2 Å². The minimum atomic E-state index is -1.06. The third-order valence-corrected chi connectivity index (χ3v) is 3.34. The SMILES string of the molecule is [C-]#[N+]c1ccc(C2(N=[N+]=[N-])CCCCC2=O)cc1. The molecule has 2 rings (SSSR count). The fraction of sp³-hybridized carbons (Fsp3) is 0.385. The summed E-state index contributed by atoms with van der Waals surface area (Å²) in [7, 11) is 0. The molecule has 1 aliphatic rings. The maximum Gasteiger partial charge on any atom is 0.187 e. The third-order valence-electron chi connectivity index (χ3n) is 3.34. The van der Waals surface area contributed by atoms with E-state index in [1.807, 2.05) is 0 Å². The van der Waals surface area contributed by atoms with Crippen molar-refractivity contribution in [3.05, 3.63) is 51.7 Å². The van der Waals surface area contributed by atoms with Crippen molar-refractivity contribution in [3.8, 4) is 0 Å². The summed E-state index contributed by atoms with van der Waals surface area (Å²) in [4.78, 5) is 18.3. The van der Waals surface area contributed by atoms with Gasteiger partial charge in [-0.3, -0.25) is 4.79 Å². The maximum atomic E-state index is 12.1. The summed E-state index contributed by atoms with van der Waals surface area (Å²) in [5.74, 6) is -0.0258. The summed E-state index contributed by atoms with van der Waals surface area (Å²) in [6.07, 6.45) is 2.72. The smallest absolute Gasteiger partial charge is 0.187 e. The number of azide groups is 1. The lowest BCUT2D eigenvalue weighted by atomic mass is 9.76. The van der Waals surface area contributed by atoms with Crippen LogP contribution >= 0.6 is 0 Å². The van der Waals surface area contributed by atoms with Gasteiger partial charge < -0.3 is 0 Å². The van der Waals surface area contributed by atoms with Gasteiger partial charge >= 0.3 is 0 Å². The van der Waals surface area contributed by atoms with Crippen molar-refractivity contribution >= 4 is 11.5 Å². The van der Waals surface area contributed by atoms with E-state index in [4.69, 9.17) is 12.1 Å². The molecule has 1 unspecified atom stereocenters. The van der Waals surface area contributed by atoms with E-state index in [0.29, 0.717) is 24.1 Å². The van der Waals surface area contributed by atoms with Crippen LogP contribution in [-0.4, -0.2) is 5.78 Å². The Morgan fingerprint density at radius 3 is 2.56 bits per heavy atom. The van der Waals surface area contributed by atoms with Crippen LogP contribution in [0.1, 0.15) is 31.2 Å². The Morgan fingerprint density at radius 2 is 2.00 bits per heavy atom. The van der Waals surface area contributed by atoms with Crippen LogP contribution in [-0.2, 0) is 10.3 Å². The molecular weight excluding hydrogens is 228 g/mol. The number of Topliss-reactive ketones (excluding diaryl/α,β-unsaturated/α-hetero) is 1. The van der Waals surface area contributed by atoms with Gasteiger partial charge in [0.15, 0.2) is 5.69 Å². The predicted octanol–water partition coefficient (Wildman–Crippen LogP) is 3.89. The van der Waals surface area contributed by atoms with Crippen LogP contribution < -0.4 is 0 Å². The zero-order chi connectivity index (χ0) is 13.0. The van der Waals surface area contributed by atoms with Crippen molar-refractivity contribution in [3.63, 3.8) is 0 Å². The molecule has 0 amide bonds. The van der Waals surface area contributed by atoms with Crippen LogP contribution in [0.15, 0.2) is 29.4 Å². The van der Waals surface area contributed by atoms with Gasteiger partial charge in [0, 0.05) is 11.3 Å². The standard InChI is InChI=1S/C13H12N4O/c1-15-11-7-5-10(6-8-11)13(16-17-14)9-3-2-4-12(13)18/h5-8H,2-4,9H2. The van der Waals surface area contributed by atoms with Gasteiger partial charge in [-0.2, -0.15) is 0 Å². The zero-order valence-corrected chi connectivity index (χ0v) is 9.83. The Morgan fingerprint density at radius 1 is 1.28 bits per heavy atom. The first kappa shape index (κ1) is 12.2. The normalized spacial score (nSPS) is 22.9. The number of nitrogens with zero attached hydrogens (tertiary/aromatic N) is 4. The van der Waals surface area contributed by atoms with E-state index in [1.165, 1.54) is 0 Å². The summed E-state index contributed by atoms with van der Waals surface area (Å²) in [5.41, 5.74) is 8.86. The van der Waals surface area contributed by atoms with Crippen LogP contribution in [0, 0.1) is 6.57 Å². The molecule has 0 aromatic heterocycles. The molecule has 90 valence electrons. The van der Waals surface area contributed by atoms with Gasteiger partial charge in [0.25, 0.3) is 0 Å². The Hall–Kier alpha value is -2.31. The summed E-state index contributed by atoms with van der Waals surface area (Å²) < 4.78 is 0. The Bertz CT molecular complexity index is 551. The molecular formula is C13H12N4O. The summed E-state index contributed by atoms with van der Waals surface area (Å²) in [6.45, 7) is 6.90. The van der Waals surface area contributed by atoms with Crippen LogP contribution in [0.3, 0.4) is 0 Å². The lowest BCUT2D eigenvalue weighted by Gasteiger charge is -2.31. The molecule has 0 spiro atoms. The summed E-state index contributed by atoms with van der Waals surface area (Å²) in [6, 6.07) is 6.73. The monoisotopic (exact) mass is 240 g/mol. The van der Waals surface area contributed by atoms with Crippen molar-refractivity contribution in [1.29, 1.82) is 0 Å². The maximum absolute atomic E-state index is 12.1. The molecule has 1 aromatic carbocycles. The van der Waals surface area contributed by atoms with Gasteiger partial charge in [-0.1, -0.05) is 35.8 Å². The van der Waals surface area contributed by atoms with E-state index in [0.717, 1.165) is 12.8 Å². The van der Waals surface area contributed by atoms with Crippen molar-refractivity contribution in [2.24, 2.45) is 5.11 Å². The highest BCUT2D eigenvalue weighted by molar-refractivity contribution is 5.90. The van der Waals surface area contributed by atoms with Crippen LogP contribution in [0.2, 0.25) is 0 Å². The average molecular weight is 240 g/mol. The number of ketones is 1. The highest BCUT2D eigenvalue weighted by atomic mass is 16.1. The molecule has 0 radical (unpaired) electrons. The first-order valence-corrected chi connectivity index (χ1v) is 5.80. The molecule has 1 aliphatic carbocycles. The molecule has 0 heterocycles. The molecule has 18 heavy (non-hydrogen) atoms. The van der Waals surface area contributed by atoms with Crippen molar-refractivity contribution < 1.29 is 4.79 Å². The fourth-order valence-electron chi connectivity index (χ4n) is 2.37. The van der Waals surface area contributed by atoms with E-state index in [1.54, 1.807) is 24.3 Å². The predicted molar refractivity (Wildman–Crippen MR) is 67.0 cm³/mol. The minimum Gasteiger partial charge on any atom is -0.299 e. The van der Waals surface area contributed by atoms with E-state index in [9.17, 15) is 4.79 Å². The fourth-order valence-corrected chi connectivity index (χ4v) is 2.37. The number of carbonyl (C=O) groups is 1. The van der Waals surface area contributed by atoms with Crippen LogP contribution in [0.4, 0.5) is 5.69 Å². The molecule has 1 saturated carbocycles. The molecule has 1 aromatic rings. The van der Waals surface area contributed by atoms with Gasteiger partial charge in [0.2, 0.25) is 0 Å². The van der Waals surface area contributed by atoms with Crippen molar-refractivity contribution in [2.75, 3.05) is 0 Å². The van der Waals surface area contributed by atoms with E-state index in [-0.39, 0.29) is 5.78 Å². The molecule has 1 atom stereocenters. The quantitative estimate of drug-likeness (QED) is 0.334. The minimum absolute atomic E-state index is 0.0258. The van der Waals surface area contributed by atoms with Crippen LogP contribution in [0.5, 0.6) is 0 Å². The molecule has 0 saturated heterocycles. The van der Waals surface area contributed by atoms with Gasteiger partial charge in [-0.05, 0) is 23.9 Å². The largest absolute Gasteiger partial charge is 0.299 e. The Labute approximate surface area is 105 Å². The van der Waals surface area contributed by atoms with E-state index < -0.39 is 5.54 Å². The molecule has 0 aliphatic heterocycles. The molecule has 0 bridgehead atoms. The molecule has 5 heteroatoms. The lowest BCUT2D eigenvalue weighted by molar-refractivity contribution is -0.126. The highest BCUT2D eigenvalue weighted by Crippen LogP contribution is 2.38. The molecule has 5 nitrogen and oxygen atoms in total. The van der Waals surface area contributed by atoms with Gasteiger partial charge in [-0.15, -0.1) is 0 Å². The second-order valence-electron chi connectivity index (χ2n) is 4.34. The van der Waals surface area contributed by atoms with E-state index >= 15 is 0 Å². The second kappa shape index (κ2) is 4.91. The number of hydrogen-bond donors (Lipinski definition) is 0. The number of hydrogen-bond acceptors (Lipinski definition) is 2. The van der Waals surface area contributed by atoms with Gasteiger partial charge in [0.05, 0.1) is 6.57 Å². The average Bonchev–Trinajstić information content (AvgIpc) is 2.42. The summed E-state index contributed by atoms with van der Waals surface area (Å²) in [5, 5.41) is 3.78.